The van der Waals surface area contributed by atoms with Crippen molar-refractivity contribution < 1.29 is 19.2 Å². The van der Waals surface area contributed by atoms with Crippen LogP contribution in [0.5, 0.6) is 11.5 Å². The lowest BCUT2D eigenvalue weighted by atomic mass is 10.2. The molecule has 1 amide bonds. The molecule has 0 radical (unpaired) electrons. The lowest BCUT2D eigenvalue weighted by molar-refractivity contribution is -0.903. The van der Waals surface area contributed by atoms with E-state index in [2.05, 4.69) is 28.2 Å². The van der Waals surface area contributed by atoms with Crippen molar-refractivity contribution in [3.8, 4) is 11.5 Å². The molecule has 25 heavy (non-hydrogen) atoms. The van der Waals surface area contributed by atoms with Crippen LogP contribution in [0, 0.1) is 0 Å². The van der Waals surface area contributed by atoms with Gasteiger partial charge in [0.05, 0.1) is 20.8 Å². The molecule has 5 nitrogen and oxygen atoms in total. The summed E-state index contributed by atoms with van der Waals surface area (Å²) < 4.78 is 11.5. The molecule has 2 aromatic rings. The third kappa shape index (κ3) is 5.76. The molecule has 1 unspecified atom stereocenters. The number of amides is 1. The molecule has 0 saturated heterocycles. The molecule has 0 fully saturated rings. The second kappa shape index (κ2) is 9.44. The van der Waals surface area contributed by atoms with E-state index in [1.54, 1.807) is 14.2 Å². The molecular formula is C19H24BrN2O3+. The first-order valence-corrected chi connectivity index (χ1v) is 8.95. The van der Waals surface area contributed by atoms with Crippen LogP contribution in [0.25, 0.3) is 0 Å². The Bertz CT molecular complexity index is 704. The molecule has 2 aromatic carbocycles. The second-order valence-corrected chi connectivity index (χ2v) is 6.61. The molecule has 0 aliphatic heterocycles. The Kier molecular flexibility index (Phi) is 7.28. The molecule has 0 aromatic heterocycles. The van der Waals surface area contributed by atoms with E-state index in [0.717, 1.165) is 45.2 Å². The zero-order valence-corrected chi connectivity index (χ0v) is 16.4. The standard InChI is InChI=1S/C19H23BrN2O3/c1-4-22(12-14-11-15(20)5-10-18(14)25-3)13-19(23)21-16-6-8-17(24-2)9-7-16/h5-11H,4,12-13H2,1-3H3,(H,21,23)/p+1. The molecule has 6 heteroatoms. The van der Waals surface area contributed by atoms with Gasteiger partial charge in [0.25, 0.3) is 5.91 Å². The van der Waals surface area contributed by atoms with Crippen molar-refractivity contribution >= 4 is 27.5 Å². The van der Waals surface area contributed by atoms with Crippen LogP contribution in [0.1, 0.15) is 12.5 Å². The van der Waals surface area contributed by atoms with Gasteiger partial charge in [0.2, 0.25) is 0 Å². The SMILES string of the molecule is CC[NH+](CC(=O)Nc1ccc(OC)cc1)Cc1cc(Br)ccc1OC. The number of nitrogens with one attached hydrogen (secondary N) is 2. The first-order valence-electron chi connectivity index (χ1n) is 8.15. The number of rotatable bonds is 8. The monoisotopic (exact) mass is 407 g/mol. The van der Waals surface area contributed by atoms with Gasteiger partial charge in [0.15, 0.2) is 6.54 Å². The second-order valence-electron chi connectivity index (χ2n) is 5.69. The number of ether oxygens (including phenoxy) is 2. The lowest BCUT2D eigenvalue weighted by Gasteiger charge is -2.19. The molecule has 1 atom stereocenters. The van der Waals surface area contributed by atoms with Crippen LogP contribution in [0.2, 0.25) is 0 Å². The number of carbonyl (C=O) groups excluding carboxylic acids is 1. The minimum absolute atomic E-state index is 0.0176. The van der Waals surface area contributed by atoms with Crippen molar-refractivity contribution in [2.45, 2.75) is 13.5 Å². The predicted octanol–water partition coefficient (Wildman–Crippen LogP) is 2.51. The quantitative estimate of drug-likeness (QED) is 0.706. The fraction of sp³-hybridized carbons (Fsp3) is 0.316. The molecule has 0 saturated carbocycles. The Hall–Kier alpha value is -2.05. The van der Waals surface area contributed by atoms with Gasteiger partial charge >= 0.3 is 0 Å². The first-order chi connectivity index (χ1) is 12.0. The van der Waals surface area contributed by atoms with E-state index in [-0.39, 0.29) is 5.91 Å². The van der Waals surface area contributed by atoms with E-state index < -0.39 is 0 Å². The van der Waals surface area contributed by atoms with Crippen molar-refractivity contribution in [3.05, 3.63) is 52.5 Å². The molecule has 0 aliphatic carbocycles. The average molecular weight is 408 g/mol. The lowest BCUT2D eigenvalue weighted by Crippen LogP contribution is -3.11. The van der Waals surface area contributed by atoms with Crippen molar-refractivity contribution in [1.29, 1.82) is 0 Å². The number of anilines is 1. The summed E-state index contributed by atoms with van der Waals surface area (Å²) in [6, 6.07) is 13.2. The fourth-order valence-corrected chi connectivity index (χ4v) is 2.98. The zero-order chi connectivity index (χ0) is 18.2. The summed E-state index contributed by atoms with van der Waals surface area (Å²) in [7, 11) is 3.28. The van der Waals surface area contributed by atoms with Crippen LogP contribution >= 0.6 is 15.9 Å². The molecule has 0 bridgehead atoms. The van der Waals surface area contributed by atoms with Crippen LogP contribution in [0.4, 0.5) is 5.69 Å². The summed E-state index contributed by atoms with van der Waals surface area (Å²) in [6.45, 7) is 4.01. The summed E-state index contributed by atoms with van der Waals surface area (Å²) in [5.41, 5.74) is 1.84. The number of hydrogen-bond acceptors (Lipinski definition) is 3. The van der Waals surface area contributed by atoms with Gasteiger partial charge in [-0.1, -0.05) is 15.9 Å². The van der Waals surface area contributed by atoms with Gasteiger partial charge in [0.1, 0.15) is 18.0 Å². The van der Waals surface area contributed by atoms with E-state index in [1.165, 1.54) is 0 Å². The highest BCUT2D eigenvalue weighted by Gasteiger charge is 2.16. The van der Waals surface area contributed by atoms with Crippen molar-refractivity contribution in [1.82, 2.24) is 0 Å². The minimum Gasteiger partial charge on any atom is -0.497 e. The van der Waals surface area contributed by atoms with E-state index >= 15 is 0 Å². The minimum atomic E-state index is -0.0176. The normalized spacial score (nSPS) is 11.7. The maximum atomic E-state index is 12.3. The van der Waals surface area contributed by atoms with E-state index in [1.807, 2.05) is 42.5 Å². The highest BCUT2D eigenvalue weighted by Crippen LogP contribution is 2.22. The van der Waals surface area contributed by atoms with Gasteiger partial charge in [-0.2, -0.15) is 0 Å². The molecule has 0 spiro atoms. The number of hydrogen-bond donors (Lipinski definition) is 2. The Morgan fingerprint density at radius 3 is 2.44 bits per heavy atom. The van der Waals surface area contributed by atoms with Gasteiger partial charge in [0, 0.05) is 15.7 Å². The molecule has 0 heterocycles. The summed E-state index contributed by atoms with van der Waals surface area (Å²) in [4.78, 5) is 13.5. The van der Waals surface area contributed by atoms with Crippen LogP contribution in [0.3, 0.4) is 0 Å². The smallest absolute Gasteiger partial charge is 0.279 e. The summed E-state index contributed by atoms with van der Waals surface area (Å²) >= 11 is 3.49. The van der Waals surface area contributed by atoms with E-state index in [4.69, 9.17) is 9.47 Å². The van der Waals surface area contributed by atoms with Gasteiger partial charge in [-0.25, -0.2) is 0 Å². The van der Waals surface area contributed by atoms with Gasteiger partial charge < -0.3 is 19.7 Å². The number of quaternary nitrogens is 1. The maximum absolute atomic E-state index is 12.3. The molecular weight excluding hydrogens is 384 g/mol. The van der Waals surface area contributed by atoms with E-state index in [0.29, 0.717) is 6.54 Å². The first kappa shape index (κ1) is 19.3. The van der Waals surface area contributed by atoms with Gasteiger partial charge in [-0.15, -0.1) is 0 Å². The summed E-state index contributed by atoms with van der Waals surface area (Å²) in [5.74, 6) is 1.58. The Balaban J connectivity index is 1.98. The number of likely N-dealkylation sites (N-methyl/N-ethyl adjacent to an activating group) is 1. The molecule has 2 N–H and O–H groups in total. The predicted molar refractivity (Wildman–Crippen MR) is 102 cm³/mol. The third-order valence-corrected chi connectivity index (χ3v) is 4.46. The topological polar surface area (TPSA) is 52.0 Å². The molecule has 0 aliphatic rings. The van der Waals surface area contributed by atoms with Crippen LogP contribution < -0.4 is 19.7 Å². The molecule has 2 rings (SSSR count). The van der Waals surface area contributed by atoms with Crippen LogP contribution in [-0.2, 0) is 11.3 Å². The van der Waals surface area contributed by atoms with Gasteiger partial charge in [-0.05, 0) is 49.4 Å². The molecule has 134 valence electrons. The summed E-state index contributed by atoms with van der Waals surface area (Å²) in [6.07, 6.45) is 0. The Morgan fingerprint density at radius 2 is 1.84 bits per heavy atom. The van der Waals surface area contributed by atoms with Crippen LogP contribution in [0.15, 0.2) is 46.9 Å². The van der Waals surface area contributed by atoms with Crippen molar-refractivity contribution in [2.75, 3.05) is 32.6 Å². The summed E-state index contributed by atoms with van der Waals surface area (Å²) in [5, 5.41) is 2.93. The third-order valence-electron chi connectivity index (χ3n) is 3.97. The maximum Gasteiger partial charge on any atom is 0.279 e. The zero-order valence-electron chi connectivity index (χ0n) is 14.8. The highest BCUT2D eigenvalue weighted by atomic mass is 79.9. The largest absolute Gasteiger partial charge is 0.497 e. The number of methoxy groups -OCH3 is 2. The average Bonchev–Trinajstić information content (AvgIpc) is 2.62. The van der Waals surface area contributed by atoms with Crippen molar-refractivity contribution in [3.63, 3.8) is 0 Å². The fourth-order valence-electron chi connectivity index (χ4n) is 2.57. The van der Waals surface area contributed by atoms with Crippen LogP contribution in [-0.4, -0.2) is 33.2 Å². The number of halogens is 1. The van der Waals surface area contributed by atoms with E-state index in [9.17, 15) is 4.79 Å². The number of benzene rings is 2. The van der Waals surface area contributed by atoms with Crippen molar-refractivity contribution in [2.24, 2.45) is 0 Å². The Morgan fingerprint density at radius 1 is 1.12 bits per heavy atom. The number of carbonyl (C=O) groups is 1. The Labute approximate surface area is 157 Å². The van der Waals surface area contributed by atoms with Gasteiger partial charge in [-0.3, -0.25) is 4.79 Å². The highest BCUT2D eigenvalue weighted by molar-refractivity contribution is 9.10.